The van der Waals surface area contributed by atoms with Gasteiger partial charge in [-0.1, -0.05) is 6.07 Å². The molecule has 10 nitrogen and oxygen atoms in total. The van der Waals surface area contributed by atoms with E-state index < -0.39 is 6.09 Å². The number of nitrogens with zero attached hydrogens (tertiary/aromatic N) is 5. The number of hydrogen-bond donors (Lipinski definition) is 2. The van der Waals surface area contributed by atoms with Crippen LogP contribution in [0.15, 0.2) is 54.9 Å². The minimum absolute atomic E-state index is 0.370. The van der Waals surface area contributed by atoms with Crippen molar-refractivity contribution in [2.75, 3.05) is 36.5 Å². The number of fused-ring (bicyclic) bond motifs is 1. The third kappa shape index (κ3) is 4.55. The van der Waals surface area contributed by atoms with Crippen LogP contribution >= 0.6 is 0 Å². The van der Waals surface area contributed by atoms with Gasteiger partial charge in [0, 0.05) is 37.5 Å². The zero-order valence-electron chi connectivity index (χ0n) is 18.1. The number of rotatable bonds is 5. The maximum atomic E-state index is 10.9. The lowest BCUT2D eigenvalue weighted by Gasteiger charge is -2.27. The monoisotopic (exact) mass is 445 g/mol. The predicted octanol–water partition coefficient (Wildman–Crippen LogP) is 3.07. The molecule has 1 aliphatic rings. The fourth-order valence-corrected chi connectivity index (χ4v) is 3.71. The van der Waals surface area contributed by atoms with Crippen LogP contribution in [0.5, 0.6) is 5.75 Å². The number of anilines is 3. The maximum absolute atomic E-state index is 10.9. The Bertz CT molecular complexity index is 1300. The van der Waals surface area contributed by atoms with Crippen LogP contribution in [0.1, 0.15) is 0 Å². The van der Waals surface area contributed by atoms with Crippen molar-refractivity contribution in [2.24, 2.45) is 12.8 Å². The molecule has 1 amide bonds. The number of hydrogen-bond acceptors (Lipinski definition) is 8. The van der Waals surface area contributed by atoms with Gasteiger partial charge in [-0.25, -0.2) is 14.8 Å². The van der Waals surface area contributed by atoms with Gasteiger partial charge < -0.3 is 30.0 Å². The molecule has 0 unspecified atom stereocenters. The second kappa shape index (κ2) is 8.75. The zero-order chi connectivity index (χ0) is 22.8. The molecule has 10 heteroatoms. The fraction of sp³-hybridized carbons (Fsp3) is 0.217. The summed E-state index contributed by atoms with van der Waals surface area (Å²) in [6.07, 6.45) is 0.948. The van der Waals surface area contributed by atoms with Gasteiger partial charge in [-0.05, 0) is 36.4 Å². The maximum Gasteiger partial charge on any atom is 0.409 e. The van der Waals surface area contributed by atoms with Gasteiger partial charge in [-0.2, -0.15) is 4.98 Å². The van der Waals surface area contributed by atoms with Crippen molar-refractivity contribution in [1.29, 1.82) is 0 Å². The lowest BCUT2D eigenvalue weighted by atomic mass is 10.1. The van der Waals surface area contributed by atoms with Crippen LogP contribution in [0, 0.1) is 0 Å². The summed E-state index contributed by atoms with van der Waals surface area (Å²) in [5.74, 6) is 1.65. The van der Waals surface area contributed by atoms with Crippen molar-refractivity contribution < 1.29 is 14.3 Å². The molecule has 1 aliphatic heterocycles. The fourth-order valence-electron chi connectivity index (χ4n) is 3.71. The number of nitrogens with one attached hydrogen (secondary N) is 1. The molecule has 0 spiro atoms. The molecule has 3 heterocycles. The summed E-state index contributed by atoms with van der Waals surface area (Å²) in [5.41, 5.74) is 9.58. The molecule has 3 N–H and O–H groups in total. The van der Waals surface area contributed by atoms with E-state index in [0.717, 1.165) is 41.1 Å². The number of nitrogens with two attached hydrogens (primary N) is 1. The second-order valence-corrected chi connectivity index (χ2v) is 7.67. The number of carbonyl (C=O) groups is 1. The Morgan fingerprint density at radius 3 is 2.64 bits per heavy atom. The van der Waals surface area contributed by atoms with Crippen LogP contribution in [0.25, 0.3) is 22.3 Å². The lowest BCUT2D eigenvalue weighted by molar-refractivity contribution is 0.122. The van der Waals surface area contributed by atoms with E-state index in [4.69, 9.17) is 25.2 Å². The lowest BCUT2D eigenvalue weighted by Crippen LogP contribution is -2.37. The smallest absolute Gasteiger partial charge is 0.409 e. The van der Waals surface area contributed by atoms with Gasteiger partial charge >= 0.3 is 6.09 Å². The normalized spacial score (nSPS) is 13.8. The SMILES string of the molecule is Cn1cnc2ccc(-c3cc(Nc4ccc(OC(N)=O)cc4)nc(N4CCOCC4)n3)cc21. The molecule has 4 aromatic rings. The molecule has 1 fully saturated rings. The number of ether oxygens (including phenoxy) is 2. The van der Waals surface area contributed by atoms with Gasteiger partial charge in [0.2, 0.25) is 5.95 Å². The van der Waals surface area contributed by atoms with Crippen molar-refractivity contribution in [3.8, 4) is 17.0 Å². The van der Waals surface area contributed by atoms with E-state index in [0.29, 0.717) is 30.7 Å². The number of amides is 1. The summed E-state index contributed by atoms with van der Waals surface area (Å²) >= 11 is 0. The number of carbonyl (C=O) groups excluding carboxylic acids is 1. The highest BCUT2D eigenvalue weighted by molar-refractivity contribution is 5.82. The summed E-state index contributed by atoms with van der Waals surface area (Å²) in [7, 11) is 1.97. The van der Waals surface area contributed by atoms with E-state index in [-0.39, 0.29) is 0 Å². The Morgan fingerprint density at radius 2 is 1.88 bits per heavy atom. The Hall–Kier alpha value is -4.18. The Labute approximate surface area is 190 Å². The summed E-state index contributed by atoms with van der Waals surface area (Å²) in [4.78, 5) is 27.1. The number of aryl methyl sites for hydroxylation is 1. The number of primary amides is 1. The van der Waals surface area contributed by atoms with Crippen molar-refractivity contribution >= 4 is 34.6 Å². The molecule has 0 bridgehead atoms. The van der Waals surface area contributed by atoms with E-state index in [9.17, 15) is 4.79 Å². The molecule has 5 rings (SSSR count). The first-order chi connectivity index (χ1) is 16.0. The third-order valence-electron chi connectivity index (χ3n) is 5.37. The van der Waals surface area contributed by atoms with Gasteiger partial charge in [-0.15, -0.1) is 0 Å². The Kier molecular flexibility index (Phi) is 5.49. The first-order valence-electron chi connectivity index (χ1n) is 10.5. The summed E-state index contributed by atoms with van der Waals surface area (Å²) in [6, 6.07) is 14.9. The van der Waals surface area contributed by atoms with E-state index in [1.54, 1.807) is 30.6 Å². The van der Waals surface area contributed by atoms with Gasteiger partial charge in [0.1, 0.15) is 11.6 Å². The van der Waals surface area contributed by atoms with Crippen LogP contribution in [0.2, 0.25) is 0 Å². The van der Waals surface area contributed by atoms with Gasteiger partial charge in [0.05, 0.1) is 36.3 Å². The average Bonchev–Trinajstić information content (AvgIpc) is 3.20. The first kappa shape index (κ1) is 20.7. The topological polar surface area (TPSA) is 120 Å². The molecule has 168 valence electrons. The standard InChI is InChI=1S/C23H23N7O3/c1-29-14-25-18-7-2-15(12-20(18)29)19-13-21(28-23(27-19)30-8-10-32-11-9-30)26-16-3-5-17(6-4-16)33-22(24)31/h2-7,12-14H,8-11H2,1H3,(H2,24,31)(H,26,27,28). The number of aromatic nitrogens is 4. The molecule has 33 heavy (non-hydrogen) atoms. The number of morpholine rings is 1. The molecular formula is C23H23N7O3. The molecule has 0 atom stereocenters. The quantitative estimate of drug-likeness (QED) is 0.481. The Morgan fingerprint density at radius 1 is 1.09 bits per heavy atom. The van der Waals surface area contributed by atoms with E-state index in [2.05, 4.69) is 21.3 Å². The minimum Gasteiger partial charge on any atom is -0.411 e. The summed E-state index contributed by atoms with van der Waals surface area (Å²) in [6.45, 7) is 2.73. The highest BCUT2D eigenvalue weighted by Crippen LogP contribution is 2.28. The highest BCUT2D eigenvalue weighted by atomic mass is 16.5. The van der Waals surface area contributed by atoms with Crippen LogP contribution < -0.4 is 20.7 Å². The van der Waals surface area contributed by atoms with E-state index >= 15 is 0 Å². The van der Waals surface area contributed by atoms with Crippen LogP contribution in [-0.4, -0.2) is 51.9 Å². The molecular weight excluding hydrogens is 422 g/mol. The predicted molar refractivity (Wildman–Crippen MR) is 125 cm³/mol. The molecule has 0 aliphatic carbocycles. The van der Waals surface area contributed by atoms with Crippen molar-refractivity contribution in [3.05, 3.63) is 54.9 Å². The van der Waals surface area contributed by atoms with Crippen molar-refractivity contribution in [2.45, 2.75) is 0 Å². The van der Waals surface area contributed by atoms with E-state index in [1.807, 2.05) is 29.8 Å². The van der Waals surface area contributed by atoms with Crippen molar-refractivity contribution in [3.63, 3.8) is 0 Å². The van der Waals surface area contributed by atoms with Gasteiger partial charge in [0.25, 0.3) is 0 Å². The molecule has 2 aromatic carbocycles. The Balaban J connectivity index is 1.50. The van der Waals surface area contributed by atoms with Gasteiger partial charge in [0.15, 0.2) is 0 Å². The van der Waals surface area contributed by atoms with Crippen LogP contribution in [-0.2, 0) is 11.8 Å². The zero-order valence-corrected chi connectivity index (χ0v) is 18.1. The largest absolute Gasteiger partial charge is 0.411 e. The number of imidazole rings is 1. The van der Waals surface area contributed by atoms with Gasteiger partial charge in [-0.3, -0.25) is 0 Å². The first-order valence-corrected chi connectivity index (χ1v) is 10.5. The molecule has 2 aromatic heterocycles. The minimum atomic E-state index is -0.850. The molecule has 0 saturated carbocycles. The van der Waals surface area contributed by atoms with Crippen LogP contribution in [0.4, 0.5) is 22.2 Å². The molecule has 1 saturated heterocycles. The second-order valence-electron chi connectivity index (χ2n) is 7.67. The highest BCUT2D eigenvalue weighted by Gasteiger charge is 2.17. The number of benzene rings is 2. The molecule has 0 radical (unpaired) electrons. The summed E-state index contributed by atoms with van der Waals surface area (Å²) < 4.78 is 12.4. The van der Waals surface area contributed by atoms with Crippen LogP contribution in [0.3, 0.4) is 0 Å². The van der Waals surface area contributed by atoms with E-state index in [1.165, 1.54) is 0 Å². The summed E-state index contributed by atoms with van der Waals surface area (Å²) in [5, 5.41) is 3.32. The average molecular weight is 445 g/mol. The third-order valence-corrected chi connectivity index (χ3v) is 5.37. The van der Waals surface area contributed by atoms with Crippen molar-refractivity contribution in [1.82, 2.24) is 19.5 Å².